The van der Waals surface area contributed by atoms with Crippen LogP contribution in [0.1, 0.15) is 40.0 Å². The third-order valence-electron chi connectivity index (χ3n) is 2.72. The van der Waals surface area contributed by atoms with Gasteiger partial charge in [-0.25, -0.2) is 0 Å². The van der Waals surface area contributed by atoms with Crippen molar-refractivity contribution < 1.29 is 0 Å². The average Bonchev–Trinajstić information content (AvgIpc) is 1.82. The van der Waals surface area contributed by atoms with E-state index >= 15 is 0 Å². The zero-order chi connectivity index (χ0) is 9.41. The first-order valence-electron chi connectivity index (χ1n) is 4.57. The number of halogens is 2. The topological polar surface area (TPSA) is 0 Å². The highest BCUT2D eigenvalue weighted by molar-refractivity contribution is 14.1. The van der Waals surface area contributed by atoms with Gasteiger partial charge >= 0.3 is 0 Å². The molecule has 0 spiro atoms. The highest BCUT2D eigenvalue weighted by Crippen LogP contribution is 2.49. The molecular weight excluding hydrogens is 374 g/mol. The Hall–Kier alpha value is 1.46. The summed E-state index contributed by atoms with van der Waals surface area (Å²) in [6, 6.07) is 0. The maximum atomic E-state index is 2.63. The minimum Gasteiger partial charge on any atom is -0.0858 e. The van der Waals surface area contributed by atoms with E-state index in [-0.39, 0.29) is 0 Å². The van der Waals surface area contributed by atoms with Crippen LogP contribution in [0.3, 0.4) is 0 Å². The Bertz CT molecular complexity index is 165. The van der Waals surface area contributed by atoms with Gasteiger partial charge in [0.05, 0.1) is 0 Å². The molecule has 1 aliphatic rings. The molecule has 1 rings (SSSR count). The minimum atomic E-state index is 0.573. The van der Waals surface area contributed by atoms with E-state index in [1.807, 2.05) is 0 Å². The Labute approximate surface area is 104 Å². The van der Waals surface area contributed by atoms with Crippen LogP contribution in [0, 0.1) is 10.8 Å². The quantitative estimate of drug-likeness (QED) is 0.457. The van der Waals surface area contributed by atoms with Crippen LogP contribution in [0.15, 0.2) is 0 Å². The van der Waals surface area contributed by atoms with Gasteiger partial charge in [0.1, 0.15) is 0 Å². The van der Waals surface area contributed by atoms with E-state index in [9.17, 15) is 0 Å². The Balaban J connectivity index is 2.70. The first kappa shape index (κ1) is 11.5. The van der Waals surface area contributed by atoms with E-state index in [1.165, 1.54) is 23.7 Å². The van der Waals surface area contributed by atoms with Crippen LogP contribution in [-0.2, 0) is 0 Å². The number of hydrogen-bond donors (Lipinski definition) is 0. The monoisotopic (exact) mass is 392 g/mol. The average molecular weight is 392 g/mol. The minimum absolute atomic E-state index is 0.573. The van der Waals surface area contributed by atoms with Crippen molar-refractivity contribution in [2.45, 2.75) is 44.0 Å². The van der Waals surface area contributed by atoms with E-state index < -0.39 is 0 Å². The molecule has 0 N–H and O–H groups in total. The fraction of sp³-hybridized carbons (Fsp3) is 1.00. The molecular formula is C10H18I2. The van der Waals surface area contributed by atoms with Crippen molar-refractivity contribution in [2.75, 3.05) is 4.43 Å². The predicted octanol–water partition coefficient (Wildman–Crippen LogP) is 4.44. The van der Waals surface area contributed by atoms with Crippen LogP contribution < -0.4 is 0 Å². The van der Waals surface area contributed by atoms with Gasteiger partial charge in [0.15, 0.2) is 0 Å². The molecule has 0 radical (unpaired) electrons. The first-order valence-corrected chi connectivity index (χ1v) is 7.34. The zero-order valence-electron chi connectivity index (χ0n) is 8.16. The molecule has 2 heteroatoms. The summed E-state index contributed by atoms with van der Waals surface area (Å²) in [4.78, 5) is 0. The fourth-order valence-corrected chi connectivity index (χ4v) is 5.44. The van der Waals surface area contributed by atoms with E-state index in [1.54, 1.807) is 0 Å². The lowest BCUT2D eigenvalue weighted by molar-refractivity contribution is 0.132. The van der Waals surface area contributed by atoms with Gasteiger partial charge < -0.3 is 0 Å². The highest BCUT2D eigenvalue weighted by Gasteiger charge is 2.39. The molecule has 72 valence electrons. The predicted molar refractivity (Wildman–Crippen MR) is 72.4 cm³/mol. The molecule has 0 nitrogen and oxygen atoms in total. The Morgan fingerprint density at radius 1 is 1.25 bits per heavy atom. The first-order chi connectivity index (χ1) is 5.37. The maximum Gasteiger partial charge on any atom is 0.0120 e. The van der Waals surface area contributed by atoms with Crippen molar-refractivity contribution in [1.29, 1.82) is 0 Å². The molecule has 0 heterocycles. The molecule has 0 saturated heterocycles. The third-order valence-corrected chi connectivity index (χ3v) is 5.44. The van der Waals surface area contributed by atoms with Crippen LogP contribution in [0.4, 0.5) is 0 Å². The van der Waals surface area contributed by atoms with Crippen molar-refractivity contribution in [3.63, 3.8) is 0 Å². The molecule has 0 aromatic heterocycles. The molecule has 1 unspecified atom stereocenters. The summed E-state index contributed by atoms with van der Waals surface area (Å²) >= 11 is 5.17. The molecule has 2 atom stereocenters. The second-order valence-corrected chi connectivity index (χ2v) is 7.82. The molecule has 0 aliphatic heterocycles. The molecule has 1 fully saturated rings. The van der Waals surface area contributed by atoms with Crippen molar-refractivity contribution in [3.05, 3.63) is 0 Å². The number of alkyl halides is 2. The summed E-state index contributed by atoms with van der Waals surface area (Å²) in [6.07, 6.45) is 4.22. The Morgan fingerprint density at radius 3 is 2.25 bits per heavy atom. The SMILES string of the molecule is CC1(C)CC(I)C[C@](C)(CI)C1. The van der Waals surface area contributed by atoms with Crippen LogP contribution >= 0.6 is 45.2 Å². The summed E-state index contributed by atoms with van der Waals surface area (Å²) in [6.45, 7) is 7.29. The van der Waals surface area contributed by atoms with Gasteiger partial charge in [-0.1, -0.05) is 66.0 Å². The van der Waals surface area contributed by atoms with Gasteiger partial charge in [0, 0.05) is 8.35 Å². The van der Waals surface area contributed by atoms with Gasteiger partial charge in [0.2, 0.25) is 0 Å². The fourth-order valence-electron chi connectivity index (χ4n) is 2.61. The van der Waals surface area contributed by atoms with Crippen LogP contribution in [0.2, 0.25) is 0 Å². The maximum absolute atomic E-state index is 2.63. The summed E-state index contributed by atoms with van der Waals surface area (Å²) in [7, 11) is 0. The number of hydrogen-bond acceptors (Lipinski definition) is 0. The summed E-state index contributed by atoms with van der Waals surface area (Å²) in [5.74, 6) is 0. The molecule has 1 aliphatic carbocycles. The number of rotatable bonds is 1. The smallest absolute Gasteiger partial charge is 0.0120 e. The van der Waals surface area contributed by atoms with Gasteiger partial charge in [-0.15, -0.1) is 0 Å². The van der Waals surface area contributed by atoms with Crippen molar-refractivity contribution in [3.8, 4) is 0 Å². The lowest BCUT2D eigenvalue weighted by atomic mass is 9.65. The molecule has 1 saturated carbocycles. The van der Waals surface area contributed by atoms with Crippen molar-refractivity contribution in [2.24, 2.45) is 10.8 Å². The van der Waals surface area contributed by atoms with E-state index in [4.69, 9.17) is 0 Å². The standard InChI is InChI=1S/C10H18I2/c1-9(2)4-8(12)5-10(3,6-9)7-11/h8H,4-7H2,1-3H3/t8?,10-/m0/s1. The molecule has 0 bridgehead atoms. The summed E-state index contributed by atoms with van der Waals surface area (Å²) in [5, 5.41) is 0. The van der Waals surface area contributed by atoms with Crippen LogP contribution in [-0.4, -0.2) is 8.35 Å². The normalized spacial score (nSPS) is 41.2. The van der Waals surface area contributed by atoms with Gasteiger partial charge in [-0.2, -0.15) is 0 Å². The molecule has 12 heavy (non-hydrogen) atoms. The van der Waals surface area contributed by atoms with E-state index in [2.05, 4.69) is 66.0 Å². The highest BCUT2D eigenvalue weighted by atomic mass is 127. The molecule has 0 aromatic carbocycles. The lowest BCUT2D eigenvalue weighted by Gasteiger charge is -2.44. The van der Waals surface area contributed by atoms with Gasteiger partial charge in [0.25, 0.3) is 0 Å². The van der Waals surface area contributed by atoms with Gasteiger partial charge in [-0.05, 0) is 30.1 Å². The zero-order valence-corrected chi connectivity index (χ0v) is 12.5. The van der Waals surface area contributed by atoms with Crippen LogP contribution in [0.25, 0.3) is 0 Å². The Morgan fingerprint density at radius 2 is 1.83 bits per heavy atom. The molecule has 0 aromatic rings. The molecule has 0 amide bonds. The summed E-state index contributed by atoms with van der Waals surface area (Å²) < 4.78 is 2.21. The lowest BCUT2D eigenvalue weighted by Crippen LogP contribution is -2.36. The van der Waals surface area contributed by atoms with Crippen LogP contribution in [0.5, 0.6) is 0 Å². The van der Waals surface area contributed by atoms with E-state index in [0.717, 1.165) is 3.92 Å². The largest absolute Gasteiger partial charge is 0.0858 e. The second-order valence-electron chi connectivity index (χ2n) is 5.29. The van der Waals surface area contributed by atoms with Gasteiger partial charge in [-0.3, -0.25) is 0 Å². The van der Waals surface area contributed by atoms with Crippen molar-refractivity contribution in [1.82, 2.24) is 0 Å². The third kappa shape index (κ3) is 3.00. The van der Waals surface area contributed by atoms with Crippen molar-refractivity contribution >= 4 is 45.2 Å². The second kappa shape index (κ2) is 3.91. The van der Waals surface area contributed by atoms with E-state index in [0.29, 0.717) is 10.8 Å². The Kier molecular flexibility index (Phi) is 3.76. The summed E-state index contributed by atoms with van der Waals surface area (Å²) in [5.41, 5.74) is 1.18.